The predicted molar refractivity (Wildman–Crippen MR) is 117 cm³/mol. The highest BCUT2D eigenvalue weighted by Crippen LogP contribution is 2.35. The van der Waals surface area contributed by atoms with E-state index in [2.05, 4.69) is 21.9 Å². The molecule has 28 heavy (non-hydrogen) atoms. The third kappa shape index (κ3) is 3.93. The van der Waals surface area contributed by atoms with Crippen molar-refractivity contribution < 1.29 is 4.74 Å². The number of thioether (sulfide) groups is 1. The Kier molecular flexibility index (Phi) is 5.41. The molecule has 146 valence electrons. The molecule has 2 aromatic heterocycles. The Morgan fingerprint density at radius 2 is 2.21 bits per heavy atom. The van der Waals surface area contributed by atoms with E-state index in [9.17, 15) is 4.79 Å². The van der Waals surface area contributed by atoms with E-state index in [1.54, 1.807) is 18.4 Å². The zero-order valence-electron chi connectivity index (χ0n) is 15.8. The Bertz CT molecular complexity index is 1090. The summed E-state index contributed by atoms with van der Waals surface area (Å²) < 4.78 is 5.14. The number of nitrogens with zero attached hydrogens (tertiary/aromatic N) is 2. The molecule has 0 bridgehead atoms. The van der Waals surface area contributed by atoms with Crippen molar-refractivity contribution >= 4 is 44.2 Å². The first-order chi connectivity index (χ1) is 13.5. The van der Waals surface area contributed by atoms with E-state index >= 15 is 0 Å². The molecule has 3 N–H and O–H groups in total. The van der Waals surface area contributed by atoms with Gasteiger partial charge in [0.25, 0.3) is 5.56 Å². The van der Waals surface area contributed by atoms with Crippen LogP contribution >= 0.6 is 23.1 Å². The van der Waals surface area contributed by atoms with E-state index in [0.29, 0.717) is 22.7 Å². The monoisotopic (exact) mass is 414 g/mol. The number of hydrogen-bond acceptors (Lipinski definition) is 6. The summed E-state index contributed by atoms with van der Waals surface area (Å²) in [4.78, 5) is 26.8. The topological polar surface area (TPSA) is 93.4 Å². The number of H-pyrrole nitrogens is 1. The molecule has 1 aliphatic rings. The Morgan fingerprint density at radius 3 is 2.96 bits per heavy atom. The van der Waals surface area contributed by atoms with Crippen molar-refractivity contribution in [3.63, 3.8) is 0 Å². The van der Waals surface area contributed by atoms with Crippen molar-refractivity contribution in [1.29, 1.82) is 0 Å². The fourth-order valence-corrected chi connectivity index (χ4v) is 5.41. The maximum atomic E-state index is 12.6. The van der Waals surface area contributed by atoms with E-state index in [4.69, 9.17) is 10.5 Å². The molecule has 0 aliphatic heterocycles. The molecule has 6 nitrogen and oxygen atoms in total. The molecule has 0 spiro atoms. The van der Waals surface area contributed by atoms with Gasteiger partial charge in [0, 0.05) is 4.88 Å². The van der Waals surface area contributed by atoms with Crippen LogP contribution in [0.5, 0.6) is 5.75 Å². The summed E-state index contributed by atoms with van der Waals surface area (Å²) in [7, 11) is 1.62. The number of rotatable bonds is 4. The fraction of sp³-hybridized carbons (Fsp3) is 0.350. The Hall–Kier alpha value is -2.32. The van der Waals surface area contributed by atoms with Gasteiger partial charge < -0.3 is 15.5 Å². The van der Waals surface area contributed by atoms with Crippen LogP contribution in [0, 0.1) is 5.92 Å². The number of benzene rings is 1. The van der Waals surface area contributed by atoms with Crippen LogP contribution in [0.15, 0.2) is 34.1 Å². The molecule has 8 heteroatoms. The number of aryl methyl sites for hydroxylation is 1. The van der Waals surface area contributed by atoms with Crippen LogP contribution in [0.1, 0.15) is 29.6 Å². The number of nitrogens with one attached hydrogen (secondary N) is 1. The zero-order valence-corrected chi connectivity index (χ0v) is 17.5. The molecule has 2 heterocycles. The first-order valence-electron chi connectivity index (χ1n) is 9.18. The van der Waals surface area contributed by atoms with Gasteiger partial charge in [0.1, 0.15) is 16.4 Å². The average molecular weight is 415 g/mol. The Balaban J connectivity index is 1.51. The van der Waals surface area contributed by atoms with E-state index < -0.39 is 0 Å². The number of fused-ring (bicyclic) bond motifs is 3. The van der Waals surface area contributed by atoms with Crippen molar-refractivity contribution in [3.8, 4) is 5.75 Å². The first-order valence-corrected chi connectivity index (χ1v) is 11.0. The fourth-order valence-electron chi connectivity index (χ4n) is 3.42. The maximum Gasteiger partial charge on any atom is 0.259 e. The predicted octanol–water partition coefficient (Wildman–Crippen LogP) is 4.00. The maximum absolute atomic E-state index is 12.6. The number of nitrogens with two attached hydrogens (primary N) is 1. The number of methoxy groups -OCH3 is 1. The normalized spacial score (nSPS) is 16.9. The molecule has 1 aromatic carbocycles. The number of thiophene rings is 1. The van der Waals surface area contributed by atoms with Gasteiger partial charge in [-0.05, 0) is 55.0 Å². The van der Waals surface area contributed by atoms with Gasteiger partial charge in [0.15, 0.2) is 5.17 Å². The van der Waals surface area contributed by atoms with Gasteiger partial charge in [0.05, 0.1) is 23.9 Å². The molecule has 0 amide bonds. The van der Waals surface area contributed by atoms with Crippen LogP contribution in [0.2, 0.25) is 0 Å². The van der Waals surface area contributed by atoms with Crippen LogP contribution in [-0.2, 0) is 18.6 Å². The minimum Gasteiger partial charge on any atom is -0.497 e. The second kappa shape index (κ2) is 7.97. The minimum absolute atomic E-state index is 0.0432. The summed E-state index contributed by atoms with van der Waals surface area (Å²) in [6, 6.07) is 7.36. The molecule has 3 aromatic rings. The van der Waals surface area contributed by atoms with Gasteiger partial charge in [-0.25, -0.2) is 9.98 Å². The number of aromatic amines is 1. The van der Waals surface area contributed by atoms with Crippen molar-refractivity contribution in [2.75, 3.05) is 7.11 Å². The zero-order chi connectivity index (χ0) is 19.7. The van der Waals surface area contributed by atoms with Crippen LogP contribution in [-0.4, -0.2) is 22.2 Å². The Morgan fingerprint density at radius 1 is 1.43 bits per heavy atom. The van der Waals surface area contributed by atoms with Gasteiger partial charge in [-0.3, -0.25) is 4.79 Å². The second-order valence-electron chi connectivity index (χ2n) is 6.98. The number of amidine groups is 1. The standard InChI is InChI=1S/C20H22N4O2S2/c1-11-3-8-14-15(9-11)28-19-17(14)18(25)23-16(24-19)10-27-20(21)22-12-4-6-13(26-2)7-5-12/h4-7,11H,3,8-10H2,1-2H3,(H2,21,22)(H,23,24,25)/t11-/m0/s1. The van der Waals surface area contributed by atoms with Crippen molar-refractivity contribution in [1.82, 2.24) is 9.97 Å². The third-order valence-electron chi connectivity index (χ3n) is 4.88. The summed E-state index contributed by atoms with van der Waals surface area (Å²) in [5.41, 5.74) is 7.94. The van der Waals surface area contributed by atoms with Crippen LogP contribution in [0.25, 0.3) is 10.2 Å². The van der Waals surface area contributed by atoms with Gasteiger partial charge in [-0.2, -0.15) is 0 Å². The summed E-state index contributed by atoms with van der Waals surface area (Å²) in [6.45, 7) is 2.26. The smallest absolute Gasteiger partial charge is 0.259 e. The molecule has 0 radical (unpaired) electrons. The lowest BCUT2D eigenvalue weighted by Crippen LogP contribution is -2.15. The second-order valence-corrected chi connectivity index (χ2v) is 9.06. The van der Waals surface area contributed by atoms with Crippen molar-refractivity contribution in [2.45, 2.75) is 31.9 Å². The summed E-state index contributed by atoms with van der Waals surface area (Å²) >= 11 is 3.01. The molecule has 0 saturated carbocycles. The minimum atomic E-state index is -0.0432. The quantitative estimate of drug-likeness (QED) is 0.497. The molecule has 0 saturated heterocycles. The highest BCUT2D eigenvalue weighted by molar-refractivity contribution is 8.13. The highest BCUT2D eigenvalue weighted by Gasteiger charge is 2.23. The molecule has 1 atom stereocenters. The lowest BCUT2D eigenvalue weighted by Gasteiger charge is -2.17. The molecule has 4 rings (SSSR count). The average Bonchev–Trinajstić information content (AvgIpc) is 3.04. The van der Waals surface area contributed by atoms with Gasteiger partial charge in [-0.1, -0.05) is 18.7 Å². The Labute approximate surface area is 171 Å². The van der Waals surface area contributed by atoms with Crippen molar-refractivity contribution in [2.24, 2.45) is 16.6 Å². The van der Waals surface area contributed by atoms with E-state index in [1.807, 2.05) is 24.3 Å². The van der Waals surface area contributed by atoms with Gasteiger partial charge >= 0.3 is 0 Å². The van der Waals surface area contributed by atoms with E-state index in [1.165, 1.54) is 22.2 Å². The molecular weight excluding hydrogens is 392 g/mol. The summed E-state index contributed by atoms with van der Waals surface area (Å²) in [5, 5.41) is 1.20. The van der Waals surface area contributed by atoms with E-state index in [0.717, 1.165) is 40.9 Å². The van der Waals surface area contributed by atoms with Crippen LogP contribution in [0.4, 0.5) is 5.69 Å². The SMILES string of the molecule is COc1ccc(N=C(N)SCc2nc3sc4c(c3c(=O)[nH]2)CC[C@H](C)C4)cc1. The molecule has 0 unspecified atom stereocenters. The van der Waals surface area contributed by atoms with Gasteiger partial charge in [-0.15, -0.1) is 11.3 Å². The number of aromatic nitrogens is 2. The number of ether oxygens (including phenoxy) is 1. The first kappa shape index (κ1) is 19.0. The summed E-state index contributed by atoms with van der Waals surface area (Å²) in [5.74, 6) is 2.54. The molecular formula is C20H22N4O2S2. The lowest BCUT2D eigenvalue weighted by molar-refractivity contribution is 0.415. The van der Waals surface area contributed by atoms with Crippen molar-refractivity contribution in [3.05, 3.63) is 50.9 Å². The lowest BCUT2D eigenvalue weighted by atomic mass is 9.89. The van der Waals surface area contributed by atoms with Crippen LogP contribution < -0.4 is 16.0 Å². The van der Waals surface area contributed by atoms with E-state index in [-0.39, 0.29) is 5.56 Å². The highest BCUT2D eigenvalue weighted by atomic mass is 32.2. The third-order valence-corrected chi connectivity index (χ3v) is 6.84. The molecule has 1 aliphatic carbocycles. The largest absolute Gasteiger partial charge is 0.497 e. The number of aliphatic imine (C=N–C) groups is 1. The van der Waals surface area contributed by atoms with Gasteiger partial charge in [0.2, 0.25) is 0 Å². The summed E-state index contributed by atoms with van der Waals surface area (Å²) in [6.07, 6.45) is 3.15. The molecule has 0 fully saturated rings. The van der Waals surface area contributed by atoms with Crippen LogP contribution in [0.3, 0.4) is 0 Å². The number of hydrogen-bond donors (Lipinski definition) is 2.